The second kappa shape index (κ2) is 10.8. The van der Waals surface area contributed by atoms with Crippen LogP contribution in [0.1, 0.15) is 13.8 Å². The summed E-state index contributed by atoms with van der Waals surface area (Å²) >= 11 is 0. The van der Waals surface area contributed by atoms with Gasteiger partial charge < -0.3 is 19.5 Å². The summed E-state index contributed by atoms with van der Waals surface area (Å²) in [5.74, 6) is -0.921. The molecule has 9 nitrogen and oxygen atoms in total. The molecule has 2 aromatic carbocycles. The summed E-state index contributed by atoms with van der Waals surface area (Å²) in [6.07, 6.45) is 0. The Bertz CT molecular complexity index is 1010. The standard InChI is InChI=1S/C21H26N2O7S/c1-14(2)20(23-31(26,27)16-8-6-5-7-9-16)21(25)30-13-19(24)22-15-10-11-17(28-3)18(12-15)29-4/h5-12,14,20,23H,13H2,1-4H3,(H,22,24)/t20-/m1/s1. The summed E-state index contributed by atoms with van der Waals surface area (Å²) in [4.78, 5) is 24.7. The number of benzene rings is 2. The lowest BCUT2D eigenvalue weighted by atomic mass is 10.1. The van der Waals surface area contributed by atoms with Crippen molar-refractivity contribution in [3.63, 3.8) is 0 Å². The topological polar surface area (TPSA) is 120 Å². The summed E-state index contributed by atoms with van der Waals surface area (Å²) in [5, 5.41) is 2.58. The number of amides is 1. The highest BCUT2D eigenvalue weighted by atomic mass is 32.2. The average molecular weight is 451 g/mol. The number of carbonyl (C=O) groups excluding carboxylic acids is 2. The first kappa shape index (κ1) is 24.2. The number of ether oxygens (including phenoxy) is 3. The molecule has 0 fully saturated rings. The van der Waals surface area contributed by atoms with E-state index in [1.54, 1.807) is 50.2 Å². The lowest BCUT2D eigenvalue weighted by Crippen LogP contribution is -2.45. The largest absolute Gasteiger partial charge is 0.493 e. The Labute approximate surface area is 181 Å². The van der Waals surface area contributed by atoms with E-state index >= 15 is 0 Å². The Morgan fingerprint density at radius 3 is 2.19 bits per heavy atom. The first-order valence-electron chi connectivity index (χ1n) is 9.44. The molecule has 0 unspecified atom stereocenters. The molecule has 31 heavy (non-hydrogen) atoms. The Morgan fingerprint density at radius 2 is 1.61 bits per heavy atom. The van der Waals surface area contributed by atoms with Gasteiger partial charge in [-0.05, 0) is 30.2 Å². The first-order chi connectivity index (χ1) is 14.7. The minimum absolute atomic E-state index is 0.0275. The summed E-state index contributed by atoms with van der Waals surface area (Å²) in [7, 11) is -0.969. The Morgan fingerprint density at radius 1 is 0.968 bits per heavy atom. The van der Waals surface area contributed by atoms with E-state index in [-0.39, 0.29) is 4.90 Å². The fourth-order valence-corrected chi connectivity index (χ4v) is 3.98. The second-order valence-electron chi connectivity index (χ2n) is 6.88. The van der Waals surface area contributed by atoms with Crippen molar-refractivity contribution in [2.45, 2.75) is 24.8 Å². The minimum Gasteiger partial charge on any atom is -0.493 e. The molecule has 2 aromatic rings. The Kier molecular flexibility index (Phi) is 8.40. The van der Waals surface area contributed by atoms with Gasteiger partial charge in [0.2, 0.25) is 10.0 Å². The van der Waals surface area contributed by atoms with Gasteiger partial charge in [-0.25, -0.2) is 8.42 Å². The summed E-state index contributed by atoms with van der Waals surface area (Å²) in [5.41, 5.74) is 0.420. The van der Waals surface area contributed by atoms with Crippen molar-refractivity contribution in [3.8, 4) is 11.5 Å². The van der Waals surface area contributed by atoms with Gasteiger partial charge in [0.05, 0.1) is 19.1 Å². The maximum atomic E-state index is 12.5. The molecular weight excluding hydrogens is 424 g/mol. The molecule has 168 valence electrons. The molecule has 0 aliphatic heterocycles. The summed E-state index contributed by atoms with van der Waals surface area (Å²) in [6, 6.07) is 11.3. The van der Waals surface area contributed by atoms with E-state index in [0.29, 0.717) is 17.2 Å². The molecule has 10 heteroatoms. The van der Waals surface area contributed by atoms with Crippen molar-refractivity contribution in [2.24, 2.45) is 5.92 Å². The van der Waals surface area contributed by atoms with Crippen LogP contribution in [0.25, 0.3) is 0 Å². The predicted octanol–water partition coefficient (Wildman–Crippen LogP) is 2.19. The third-order valence-corrected chi connectivity index (χ3v) is 5.73. The van der Waals surface area contributed by atoms with Gasteiger partial charge >= 0.3 is 5.97 Å². The quantitative estimate of drug-likeness (QED) is 0.533. The highest BCUT2D eigenvalue weighted by Gasteiger charge is 2.30. The maximum Gasteiger partial charge on any atom is 0.324 e. The normalized spacial score (nSPS) is 12.2. The van der Waals surface area contributed by atoms with Gasteiger partial charge in [-0.15, -0.1) is 0 Å². The van der Waals surface area contributed by atoms with Gasteiger partial charge in [0, 0.05) is 11.8 Å². The Hall–Kier alpha value is -3.11. The number of hydrogen-bond acceptors (Lipinski definition) is 7. The molecule has 1 amide bonds. The third-order valence-electron chi connectivity index (χ3n) is 4.27. The molecular formula is C21H26N2O7S. The highest BCUT2D eigenvalue weighted by molar-refractivity contribution is 7.89. The van der Waals surface area contributed by atoms with Gasteiger partial charge in [0.1, 0.15) is 6.04 Å². The number of sulfonamides is 1. The SMILES string of the molecule is COc1ccc(NC(=O)COC(=O)[C@H](NS(=O)(=O)c2ccccc2)C(C)C)cc1OC. The molecule has 0 aromatic heterocycles. The number of carbonyl (C=O) groups is 2. The molecule has 0 heterocycles. The van der Waals surface area contributed by atoms with Crippen molar-refractivity contribution in [1.29, 1.82) is 0 Å². The summed E-state index contributed by atoms with van der Waals surface area (Å²) < 4.78 is 42.7. The van der Waals surface area contributed by atoms with E-state index in [9.17, 15) is 18.0 Å². The van der Waals surface area contributed by atoms with Gasteiger partial charge in [-0.2, -0.15) is 4.72 Å². The van der Waals surface area contributed by atoms with Crippen LogP contribution in [0.2, 0.25) is 0 Å². The van der Waals surface area contributed by atoms with Crippen LogP contribution in [0.5, 0.6) is 11.5 Å². The molecule has 0 saturated heterocycles. The van der Waals surface area contributed by atoms with Crippen LogP contribution in [-0.4, -0.2) is 47.2 Å². The van der Waals surface area contributed by atoms with Crippen molar-refractivity contribution in [1.82, 2.24) is 4.72 Å². The zero-order chi connectivity index (χ0) is 23.0. The monoisotopic (exact) mass is 450 g/mol. The van der Waals surface area contributed by atoms with Crippen LogP contribution in [0.15, 0.2) is 53.4 Å². The highest BCUT2D eigenvalue weighted by Crippen LogP contribution is 2.29. The minimum atomic E-state index is -3.93. The van der Waals surface area contributed by atoms with Gasteiger partial charge in [-0.1, -0.05) is 32.0 Å². The second-order valence-corrected chi connectivity index (χ2v) is 8.60. The van der Waals surface area contributed by atoms with E-state index < -0.39 is 40.5 Å². The lowest BCUT2D eigenvalue weighted by Gasteiger charge is -2.20. The zero-order valence-electron chi connectivity index (χ0n) is 17.7. The molecule has 2 rings (SSSR count). The van der Waals surface area contributed by atoms with Crippen LogP contribution in [0, 0.1) is 5.92 Å². The number of methoxy groups -OCH3 is 2. The summed E-state index contributed by atoms with van der Waals surface area (Å²) in [6.45, 7) is 2.76. The van der Waals surface area contributed by atoms with Crippen LogP contribution >= 0.6 is 0 Å². The third kappa shape index (κ3) is 6.69. The Balaban J connectivity index is 1.99. The van der Waals surface area contributed by atoms with E-state index in [0.717, 1.165) is 0 Å². The fourth-order valence-electron chi connectivity index (χ4n) is 2.63. The molecule has 0 spiro atoms. The van der Waals surface area contributed by atoms with Crippen LogP contribution in [0.3, 0.4) is 0 Å². The van der Waals surface area contributed by atoms with Gasteiger partial charge in [-0.3, -0.25) is 9.59 Å². The number of nitrogens with one attached hydrogen (secondary N) is 2. The fraction of sp³-hybridized carbons (Fsp3) is 0.333. The number of rotatable bonds is 10. The molecule has 0 radical (unpaired) electrons. The zero-order valence-corrected chi connectivity index (χ0v) is 18.6. The molecule has 1 atom stereocenters. The average Bonchev–Trinajstić information content (AvgIpc) is 2.76. The molecule has 0 aliphatic carbocycles. The van der Waals surface area contributed by atoms with Crippen LogP contribution in [0.4, 0.5) is 5.69 Å². The van der Waals surface area contributed by atoms with Crippen molar-refractivity contribution < 1.29 is 32.2 Å². The lowest BCUT2D eigenvalue weighted by molar-refractivity contribution is -0.150. The van der Waals surface area contributed by atoms with E-state index in [4.69, 9.17) is 14.2 Å². The smallest absolute Gasteiger partial charge is 0.324 e. The number of anilines is 1. The maximum absolute atomic E-state index is 12.5. The van der Waals surface area contributed by atoms with E-state index in [1.165, 1.54) is 26.4 Å². The molecule has 0 bridgehead atoms. The molecule has 0 saturated carbocycles. The van der Waals surface area contributed by atoms with E-state index in [1.807, 2.05) is 0 Å². The number of hydrogen-bond donors (Lipinski definition) is 2. The van der Waals surface area contributed by atoms with E-state index in [2.05, 4.69) is 10.0 Å². The van der Waals surface area contributed by atoms with Crippen molar-refractivity contribution >= 4 is 27.6 Å². The van der Waals surface area contributed by atoms with Crippen LogP contribution < -0.4 is 19.5 Å². The molecule has 2 N–H and O–H groups in total. The first-order valence-corrected chi connectivity index (χ1v) is 10.9. The van der Waals surface area contributed by atoms with Gasteiger partial charge in [0.25, 0.3) is 5.91 Å². The number of esters is 1. The predicted molar refractivity (Wildman–Crippen MR) is 115 cm³/mol. The van der Waals surface area contributed by atoms with Crippen molar-refractivity contribution in [2.75, 3.05) is 26.1 Å². The van der Waals surface area contributed by atoms with Gasteiger partial charge in [0.15, 0.2) is 18.1 Å². The van der Waals surface area contributed by atoms with Crippen LogP contribution in [-0.2, 0) is 24.3 Å². The molecule has 0 aliphatic rings. The van der Waals surface area contributed by atoms with Crippen molar-refractivity contribution in [3.05, 3.63) is 48.5 Å².